The first kappa shape index (κ1) is 19.6. The van der Waals surface area contributed by atoms with Gasteiger partial charge in [-0.1, -0.05) is 17.3 Å². The first-order valence-electron chi connectivity index (χ1n) is 10.6. The Hall–Kier alpha value is -3.33. The number of rotatable bonds is 4. The van der Waals surface area contributed by atoms with Crippen LogP contribution in [0.5, 0.6) is 0 Å². The third-order valence-electron chi connectivity index (χ3n) is 5.95. The van der Waals surface area contributed by atoms with Gasteiger partial charge in [-0.15, -0.1) is 5.10 Å². The Morgan fingerprint density at radius 2 is 1.90 bits per heavy atom. The Bertz CT molecular complexity index is 1090. The van der Waals surface area contributed by atoms with Gasteiger partial charge in [-0.3, -0.25) is 14.6 Å². The Morgan fingerprint density at radius 1 is 1.06 bits per heavy atom. The zero-order valence-electron chi connectivity index (χ0n) is 17.2. The number of fused-ring (bicyclic) bond motifs is 1. The predicted molar refractivity (Wildman–Crippen MR) is 112 cm³/mol. The van der Waals surface area contributed by atoms with Gasteiger partial charge in [0.15, 0.2) is 0 Å². The van der Waals surface area contributed by atoms with E-state index in [-0.39, 0.29) is 24.4 Å². The zero-order valence-corrected chi connectivity index (χ0v) is 17.2. The van der Waals surface area contributed by atoms with E-state index in [0.29, 0.717) is 38.4 Å². The van der Waals surface area contributed by atoms with Crippen molar-refractivity contribution in [1.82, 2.24) is 29.8 Å². The summed E-state index contributed by atoms with van der Waals surface area (Å²) in [5, 5.41) is 8.26. The van der Waals surface area contributed by atoms with E-state index in [9.17, 15) is 9.59 Å². The highest BCUT2D eigenvalue weighted by atomic mass is 16.5. The average molecular weight is 420 g/mol. The summed E-state index contributed by atoms with van der Waals surface area (Å²) >= 11 is 0. The van der Waals surface area contributed by atoms with Crippen LogP contribution in [0.4, 0.5) is 0 Å². The molecule has 2 saturated heterocycles. The van der Waals surface area contributed by atoms with Crippen LogP contribution in [0.2, 0.25) is 0 Å². The zero-order chi connectivity index (χ0) is 21.2. The number of hydrogen-bond acceptors (Lipinski definition) is 6. The molecule has 2 amide bonds. The quantitative estimate of drug-likeness (QED) is 0.637. The molecule has 0 N–H and O–H groups in total. The van der Waals surface area contributed by atoms with Crippen LogP contribution in [0.1, 0.15) is 34.9 Å². The van der Waals surface area contributed by atoms with Crippen LogP contribution in [0.3, 0.4) is 0 Å². The average Bonchev–Trinajstić information content (AvgIpc) is 3.47. The topological polar surface area (TPSA) is 93.5 Å². The number of nitrogens with zero attached hydrogens (tertiary/aromatic N) is 6. The molecule has 2 fully saturated rings. The number of pyridine rings is 1. The Morgan fingerprint density at radius 3 is 2.71 bits per heavy atom. The molecule has 0 spiro atoms. The van der Waals surface area contributed by atoms with E-state index >= 15 is 0 Å². The maximum atomic E-state index is 13.1. The second kappa shape index (κ2) is 8.43. The van der Waals surface area contributed by atoms with E-state index in [1.54, 1.807) is 15.8 Å². The molecule has 2 aliphatic rings. The molecule has 0 radical (unpaired) electrons. The minimum Gasteiger partial charge on any atom is -0.378 e. The van der Waals surface area contributed by atoms with E-state index in [2.05, 4.69) is 15.3 Å². The van der Waals surface area contributed by atoms with Crippen molar-refractivity contribution in [2.24, 2.45) is 0 Å². The second-order valence-electron chi connectivity index (χ2n) is 7.86. The van der Waals surface area contributed by atoms with E-state index in [4.69, 9.17) is 4.74 Å². The van der Waals surface area contributed by atoms with Crippen LogP contribution in [-0.2, 0) is 16.1 Å². The van der Waals surface area contributed by atoms with Crippen LogP contribution in [0.15, 0.2) is 42.6 Å². The van der Waals surface area contributed by atoms with Crippen LogP contribution in [0.25, 0.3) is 11.0 Å². The van der Waals surface area contributed by atoms with Gasteiger partial charge in [0, 0.05) is 25.8 Å². The minimum absolute atomic E-state index is 0.00609. The van der Waals surface area contributed by atoms with E-state index in [1.165, 1.54) is 0 Å². The van der Waals surface area contributed by atoms with Gasteiger partial charge in [0.05, 0.1) is 36.0 Å². The highest BCUT2D eigenvalue weighted by Crippen LogP contribution is 2.31. The fourth-order valence-electron chi connectivity index (χ4n) is 4.30. The molecule has 2 aliphatic heterocycles. The lowest BCUT2D eigenvalue weighted by molar-refractivity contribution is -0.133. The number of likely N-dealkylation sites (tertiary alicyclic amines) is 1. The summed E-state index contributed by atoms with van der Waals surface area (Å²) in [5.74, 6) is -0.0341. The Kier molecular flexibility index (Phi) is 5.33. The van der Waals surface area contributed by atoms with E-state index in [1.807, 2.05) is 41.3 Å². The number of carbonyl (C=O) groups excluding carboxylic acids is 2. The second-order valence-corrected chi connectivity index (χ2v) is 7.86. The van der Waals surface area contributed by atoms with Crippen molar-refractivity contribution in [2.75, 3.05) is 32.8 Å². The molecule has 31 heavy (non-hydrogen) atoms. The number of aromatic nitrogens is 4. The number of amides is 2. The van der Waals surface area contributed by atoms with Gasteiger partial charge in [-0.25, -0.2) is 4.68 Å². The van der Waals surface area contributed by atoms with Crippen molar-refractivity contribution in [3.63, 3.8) is 0 Å². The molecule has 1 aromatic carbocycles. The number of morpholine rings is 1. The molecule has 0 aliphatic carbocycles. The number of para-hydroxylation sites is 1. The van der Waals surface area contributed by atoms with E-state index < -0.39 is 0 Å². The summed E-state index contributed by atoms with van der Waals surface area (Å²) in [6.07, 6.45) is 3.40. The SMILES string of the molecule is O=C(c1ccc([C@@H]2CCCN2C(=O)Cn2nnc3ccccc32)nc1)N1CCOCC1. The molecule has 3 aromatic rings. The molecular formula is C22H24N6O3. The molecule has 0 bridgehead atoms. The molecule has 2 aromatic heterocycles. The first-order chi connectivity index (χ1) is 15.2. The van der Waals surface area contributed by atoms with Gasteiger partial charge in [-0.05, 0) is 37.1 Å². The molecular weight excluding hydrogens is 396 g/mol. The summed E-state index contributed by atoms with van der Waals surface area (Å²) in [6, 6.07) is 11.2. The molecule has 9 nitrogen and oxygen atoms in total. The molecule has 1 atom stereocenters. The summed E-state index contributed by atoms with van der Waals surface area (Å²) in [4.78, 5) is 33.9. The lowest BCUT2D eigenvalue weighted by Crippen LogP contribution is -2.40. The third-order valence-corrected chi connectivity index (χ3v) is 5.95. The maximum Gasteiger partial charge on any atom is 0.255 e. The largest absolute Gasteiger partial charge is 0.378 e. The number of benzene rings is 1. The van der Waals surface area contributed by atoms with Crippen molar-refractivity contribution < 1.29 is 14.3 Å². The Balaban J connectivity index is 1.29. The van der Waals surface area contributed by atoms with E-state index in [0.717, 1.165) is 29.6 Å². The molecule has 5 rings (SSSR count). The summed E-state index contributed by atoms with van der Waals surface area (Å²) in [7, 11) is 0. The lowest BCUT2D eigenvalue weighted by Gasteiger charge is -2.27. The standard InChI is InChI=1S/C22H24N6O3/c29-21(15-28-20-5-2-1-4-18(20)24-25-28)27-9-3-6-19(27)17-8-7-16(14-23-17)22(30)26-10-12-31-13-11-26/h1-2,4-5,7-8,14,19H,3,6,9-13,15H2/t19-/m0/s1. The lowest BCUT2D eigenvalue weighted by atomic mass is 10.1. The first-order valence-corrected chi connectivity index (χ1v) is 10.6. The van der Waals surface area contributed by atoms with Gasteiger partial charge < -0.3 is 14.5 Å². The normalized spacial score (nSPS) is 19.2. The number of carbonyl (C=O) groups is 2. The van der Waals surface area contributed by atoms with Crippen molar-refractivity contribution in [1.29, 1.82) is 0 Å². The van der Waals surface area contributed by atoms with Crippen molar-refractivity contribution >= 4 is 22.8 Å². The minimum atomic E-state index is -0.0881. The smallest absolute Gasteiger partial charge is 0.255 e. The highest BCUT2D eigenvalue weighted by Gasteiger charge is 2.31. The van der Waals surface area contributed by atoms with Gasteiger partial charge >= 0.3 is 0 Å². The number of hydrogen-bond donors (Lipinski definition) is 0. The van der Waals surface area contributed by atoms with Gasteiger partial charge in [0.25, 0.3) is 5.91 Å². The fraction of sp³-hybridized carbons (Fsp3) is 0.409. The van der Waals surface area contributed by atoms with Crippen LogP contribution in [-0.4, -0.2) is 74.4 Å². The van der Waals surface area contributed by atoms with Crippen LogP contribution >= 0.6 is 0 Å². The molecule has 160 valence electrons. The summed E-state index contributed by atoms with van der Waals surface area (Å²) in [6.45, 7) is 3.16. The highest BCUT2D eigenvalue weighted by molar-refractivity contribution is 5.94. The van der Waals surface area contributed by atoms with Gasteiger partial charge in [0.1, 0.15) is 12.1 Å². The fourth-order valence-corrected chi connectivity index (χ4v) is 4.30. The summed E-state index contributed by atoms with van der Waals surface area (Å²) < 4.78 is 6.95. The molecule has 9 heteroatoms. The monoisotopic (exact) mass is 420 g/mol. The third kappa shape index (κ3) is 3.88. The molecule has 0 saturated carbocycles. The van der Waals surface area contributed by atoms with Gasteiger partial charge in [0.2, 0.25) is 5.91 Å². The van der Waals surface area contributed by atoms with Crippen molar-refractivity contribution in [3.8, 4) is 0 Å². The van der Waals surface area contributed by atoms with Crippen molar-refractivity contribution in [2.45, 2.75) is 25.4 Å². The molecule has 0 unspecified atom stereocenters. The van der Waals surface area contributed by atoms with Crippen LogP contribution in [0, 0.1) is 0 Å². The number of ether oxygens (including phenoxy) is 1. The Labute approximate surface area is 179 Å². The van der Waals surface area contributed by atoms with Crippen LogP contribution < -0.4 is 0 Å². The maximum absolute atomic E-state index is 13.1. The predicted octanol–water partition coefficient (Wildman–Crippen LogP) is 1.66. The van der Waals surface area contributed by atoms with Crippen molar-refractivity contribution in [3.05, 3.63) is 53.9 Å². The summed E-state index contributed by atoms with van der Waals surface area (Å²) in [5.41, 5.74) is 2.99. The van der Waals surface area contributed by atoms with Gasteiger partial charge in [-0.2, -0.15) is 0 Å². The molecule has 4 heterocycles.